The summed E-state index contributed by atoms with van der Waals surface area (Å²) in [5.41, 5.74) is 6.37. The van der Waals surface area contributed by atoms with Crippen LogP contribution in [0.2, 0.25) is 0 Å². The summed E-state index contributed by atoms with van der Waals surface area (Å²) in [5.74, 6) is -0.0286. The van der Waals surface area contributed by atoms with Crippen molar-refractivity contribution < 1.29 is 9.59 Å². The average Bonchev–Trinajstić information content (AvgIpc) is 2.82. The lowest BCUT2D eigenvalue weighted by Gasteiger charge is -2.34. The molecule has 0 aliphatic carbocycles. The standard InChI is InChI=1S/C27H30N4O2/c1-19-8-7-11-24(20(19)2)29-26(32)18-30-14-16-31(17-15-30)27(33)23-12-13-25(28-21(23)3)22-9-5-4-6-10-22/h4-13H,14-18H2,1-3H3,(H,29,32). The topological polar surface area (TPSA) is 65.5 Å². The molecule has 170 valence electrons. The Morgan fingerprint density at radius 2 is 1.61 bits per heavy atom. The molecule has 0 bridgehead atoms. The van der Waals surface area contributed by atoms with Gasteiger partial charge < -0.3 is 10.2 Å². The highest BCUT2D eigenvalue weighted by Gasteiger charge is 2.25. The Hall–Kier alpha value is -3.51. The van der Waals surface area contributed by atoms with Gasteiger partial charge >= 0.3 is 0 Å². The number of amides is 2. The van der Waals surface area contributed by atoms with Crippen LogP contribution in [0.15, 0.2) is 60.7 Å². The van der Waals surface area contributed by atoms with Crippen LogP contribution >= 0.6 is 0 Å². The van der Waals surface area contributed by atoms with Crippen molar-refractivity contribution in [2.75, 3.05) is 38.0 Å². The van der Waals surface area contributed by atoms with Crippen molar-refractivity contribution in [3.63, 3.8) is 0 Å². The quantitative estimate of drug-likeness (QED) is 0.647. The zero-order chi connectivity index (χ0) is 23.4. The van der Waals surface area contributed by atoms with E-state index in [1.54, 1.807) is 0 Å². The van der Waals surface area contributed by atoms with E-state index in [1.165, 1.54) is 0 Å². The number of hydrogen-bond acceptors (Lipinski definition) is 4. The van der Waals surface area contributed by atoms with Crippen molar-refractivity contribution in [1.29, 1.82) is 0 Å². The Morgan fingerprint density at radius 1 is 0.879 bits per heavy atom. The lowest BCUT2D eigenvalue weighted by molar-refractivity contribution is -0.117. The Balaban J connectivity index is 1.32. The molecule has 1 saturated heterocycles. The Kier molecular flexibility index (Phi) is 6.84. The van der Waals surface area contributed by atoms with Crippen LogP contribution in [0.4, 0.5) is 5.69 Å². The second-order valence-electron chi connectivity index (χ2n) is 8.56. The highest BCUT2D eigenvalue weighted by molar-refractivity contribution is 5.96. The van der Waals surface area contributed by atoms with E-state index in [0.29, 0.717) is 38.3 Å². The van der Waals surface area contributed by atoms with Gasteiger partial charge in [0.15, 0.2) is 0 Å². The Morgan fingerprint density at radius 3 is 2.30 bits per heavy atom. The number of rotatable bonds is 5. The van der Waals surface area contributed by atoms with Crippen LogP contribution in [-0.2, 0) is 4.79 Å². The van der Waals surface area contributed by atoms with Gasteiger partial charge in [0, 0.05) is 37.4 Å². The number of hydrogen-bond donors (Lipinski definition) is 1. The number of pyridine rings is 1. The summed E-state index contributed by atoms with van der Waals surface area (Å²) in [7, 11) is 0. The van der Waals surface area contributed by atoms with Crippen LogP contribution in [0.25, 0.3) is 11.3 Å². The number of aryl methyl sites for hydroxylation is 2. The first-order chi connectivity index (χ1) is 15.9. The fourth-order valence-corrected chi connectivity index (χ4v) is 4.12. The molecule has 6 nitrogen and oxygen atoms in total. The van der Waals surface area contributed by atoms with Crippen LogP contribution < -0.4 is 5.32 Å². The van der Waals surface area contributed by atoms with Gasteiger partial charge in [-0.2, -0.15) is 0 Å². The summed E-state index contributed by atoms with van der Waals surface area (Å²) in [4.78, 5) is 34.2. The Labute approximate surface area is 195 Å². The largest absolute Gasteiger partial charge is 0.336 e. The fraction of sp³-hybridized carbons (Fsp3) is 0.296. The predicted molar refractivity (Wildman–Crippen MR) is 131 cm³/mol. The van der Waals surface area contributed by atoms with E-state index in [1.807, 2.05) is 86.3 Å². The minimum atomic E-state index is -0.0278. The number of benzene rings is 2. The SMILES string of the molecule is Cc1cccc(NC(=O)CN2CCN(C(=O)c3ccc(-c4ccccc4)nc3C)CC2)c1C. The zero-order valence-corrected chi connectivity index (χ0v) is 19.5. The molecule has 0 unspecified atom stereocenters. The number of carbonyl (C=O) groups is 2. The summed E-state index contributed by atoms with van der Waals surface area (Å²) in [6, 6.07) is 19.6. The van der Waals surface area contributed by atoms with E-state index < -0.39 is 0 Å². The second-order valence-corrected chi connectivity index (χ2v) is 8.56. The van der Waals surface area contributed by atoms with Crippen molar-refractivity contribution in [3.05, 3.63) is 83.0 Å². The number of aromatic nitrogens is 1. The molecule has 1 fully saturated rings. The fourth-order valence-electron chi connectivity index (χ4n) is 4.12. The molecule has 1 aromatic heterocycles. The van der Waals surface area contributed by atoms with Crippen molar-refractivity contribution >= 4 is 17.5 Å². The smallest absolute Gasteiger partial charge is 0.255 e. The predicted octanol–water partition coefficient (Wildman–Crippen LogP) is 4.07. The first kappa shape index (κ1) is 22.7. The van der Waals surface area contributed by atoms with E-state index in [4.69, 9.17) is 0 Å². The van der Waals surface area contributed by atoms with E-state index in [0.717, 1.165) is 33.8 Å². The third-order valence-corrected chi connectivity index (χ3v) is 6.29. The van der Waals surface area contributed by atoms with Crippen molar-refractivity contribution in [2.45, 2.75) is 20.8 Å². The highest BCUT2D eigenvalue weighted by atomic mass is 16.2. The molecule has 1 N–H and O–H groups in total. The van der Waals surface area contributed by atoms with Crippen molar-refractivity contribution in [3.8, 4) is 11.3 Å². The summed E-state index contributed by atoms with van der Waals surface area (Å²) in [5, 5.41) is 3.01. The third-order valence-electron chi connectivity index (χ3n) is 6.29. The summed E-state index contributed by atoms with van der Waals surface area (Å²) >= 11 is 0. The van der Waals surface area contributed by atoms with Crippen LogP contribution in [0.3, 0.4) is 0 Å². The number of nitrogens with one attached hydrogen (secondary N) is 1. The van der Waals surface area contributed by atoms with Gasteiger partial charge in [0.2, 0.25) is 5.91 Å². The minimum Gasteiger partial charge on any atom is -0.336 e. The summed E-state index contributed by atoms with van der Waals surface area (Å²) < 4.78 is 0. The van der Waals surface area contributed by atoms with Crippen LogP contribution in [0.1, 0.15) is 27.2 Å². The maximum Gasteiger partial charge on any atom is 0.255 e. The van der Waals surface area contributed by atoms with Gasteiger partial charge in [0.1, 0.15) is 0 Å². The average molecular weight is 443 g/mol. The first-order valence-electron chi connectivity index (χ1n) is 11.3. The van der Waals surface area contributed by atoms with Crippen LogP contribution in [0, 0.1) is 20.8 Å². The molecule has 0 saturated carbocycles. The van der Waals surface area contributed by atoms with E-state index in [9.17, 15) is 9.59 Å². The molecule has 2 aromatic carbocycles. The maximum atomic E-state index is 13.1. The van der Waals surface area contributed by atoms with E-state index in [2.05, 4.69) is 15.2 Å². The molecule has 6 heteroatoms. The zero-order valence-electron chi connectivity index (χ0n) is 19.5. The summed E-state index contributed by atoms with van der Waals surface area (Å²) in [6.45, 7) is 8.77. The molecule has 0 spiro atoms. The van der Waals surface area contributed by atoms with Gasteiger partial charge in [0.25, 0.3) is 5.91 Å². The molecule has 0 atom stereocenters. The van der Waals surface area contributed by atoms with Crippen molar-refractivity contribution in [1.82, 2.24) is 14.8 Å². The minimum absolute atomic E-state index is 0.000834. The monoisotopic (exact) mass is 442 g/mol. The maximum absolute atomic E-state index is 13.1. The molecule has 4 rings (SSSR count). The molecule has 1 aliphatic rings. The number of nitrogens with zero attached hydrogens (tertiary/aromatic N) is 3. The second kappa shape index (κ2) is 9.96. The van der Waals surface area contributed by atoms with Gasteiger partial charge in [-0.15, -0.1) is 0 Å². The normalized spacial score (nSPS) is 14.2. The number of anilines is 1. The molecule has 2 amide bonds. The first-order valence-corrected chi connectivity index (χ1v) is 11.3. The van der Waals surface area contributed by atoms with Crippen molar-refractivity contribution in [2.24, 2.45) is 0 Å². The molecule has 2 heterocycles. The van der Waals surface area contributed by atoms with Crippen LogP contribution in [0.5, 0.6) is 0 Å². The van der Waals surface area contributed by atoms with Gasteiger partial charge in [-0.25, -0.2) is 0 Å². The Bertz CT molecular complexity index is 1150. The molecule has 0 radical (unpaired) electrons. The van der Waals surface area contributed by atoms with E-state index >= 15 is 0 Å². The molecule has 1 aliphatic heterocycles. The van der Waals surface area contributed by atoms with Gasteiger partial charge in [0.05, 0.1) is 23.5 Å². The summed E-state index contributed by atoms with van der Waals surface area (Å²) in [6.07, 6.45) is 0. The molecular formula is C27H30N4O2. The van der Waals surface area contributed by atoms with Gasteiger partial charge in [-0.05, 0) is 50.1 Å². The van der Waals surface area contributed by atoms with Gasteiger partial charge in [-0.3, -0.25) is 19.5 Å². The number of carbonyl (C=O) groups excluding carboxylic acids is 2. The highest BCUT2D eigenvalue weighted by Crippen LogP contribution is 2.20. The lowest BCUT2D eigenvalue weighted by Crippen LogP contribution is -2.50. The third kappa shape index (κ3) is 5.29. The van der Waals surface area contributed by atoms with Crippen LogP contribution in [-0.4, -0.2) is 59.3 Å². The van der Waals surface area contributed by atoms with E-state index in [-0.39, 0.29) is 11.8 Å². The van der Waals surface area contributed by atoms with Gasteiger partial charge in [-0.1, -0.05) is 42.5 Å². The molecule has 3 aromatic rings. The lowest BCUT2D eigenvalue weighted by atomic mass is 10.1. The molecular weight excluding hydrogens is 412 g/mol. The molecule has 33 heavy (non-hydrogen) atoms. The number of piperazine rings is 1.